The lowest BCUT2D eigenvalue weighted by Gasteiger charge is -2.34. The molecule has 0 saturated carbocycles. The number of carbonyl (C=O) groups is 6. The zero-order valence-electron chi connectivity index (χ0n) is 31.3. The Morgan fingerprint density at radius 1 is 1.05 bits per heavy atom. The van der Waals surface area contributed by atoms with E-state index in [0.29, 0.717) is 90.1 Å². The molecule has 2 fully saturated rings. The van der Waals surface area contributed by atoms with Crippen LogP contribution in [-0.4, -0.2) is 112 Å². The number of hydrogen-bond donors (Lipinski definition) is 3. The van der Waals surface area contributed by atoms with E-state index in [-0.39, 0.29) is 40.8 Å². The predicted molar refractivity (Wildman–Crippen MR) is 215 cm³/mol. The van der Waals surface area contributed by atoms with Crippen molar-refractivity contribution < 1.29 is 37.9 Å². The van der Waals surface area contributed by atoms with E-state index in [1.165, 1.54) is 49.5 Å². The zero-order valence-corrected chi connectivity index (χ0v) is 32.8. The van der Waals surface area contributed by atoms with Crippen molar-refractivity contribution in [2.75, 3.05) is 56.2 Å². The first-order valence-corrected chi connectivity index (χ1v) is 19.9. The number of hydrogen-bond acceptors (Lipinski definition) is 12. The van der Waals surface area contributed by atoms with Crippen molar-refractivity contribution in [2.45, 2.75) is 36.6 Å². The van der Waals surface area contributed by atoms with Gasteiger partial charge in [0.1, 0.15) is 29.8 Å². The molecular weight excluding hydrogens is 791 g/mol. The van der Waals surface area contributed by atoms with Crippen LogP contribution in [-0.2, 0) is 19.2 Å². The minimum Gasteiger partial charge on any atom is -0.494 e. The highest BCUT2D eigenvalue weighted by molar-refractivity contribution is 7.99. The summed E-state index contributed by atoms with van der Waals surface area (Å²) in [6.45, 7) is 2.86. The molecule has 0 radical (unpaired) electrons. The van der Waals surface area contributed by atoms with Crippen LogP contribution in [0.3, 0.4) is 0 Å². The number of imide groups is 2. The molecule has 18 heteroatoms. The lowest BCUT2D eigenvalue weighted by atomic mass is 10.0. The van der Waals surface area contributed by atoms with E-state index in [9.17, 15) is 33.2 Å². The van der Waals surface area contributed by atoms with Gasteiger partial charge in [0.25, 0.3) is 11.8 Å². The maximum Gasteiger partial charge on any atom is 0.263 e. The Labute approximate surface area is 341 Å². The van der Waals surface area contributed by atoms with Crippen LogP contribution in [0.25, 0.3) is 10.9 Å². The van der Waals surface area contributed by atoms with Gasteiger partial charge in [0.15, 0.2) is 0 Å². The first-order chi connectivity index (χ1) is 28.0. The molecule has 3 aliphatic heterocycles. The fourth-order valence-corrected chi connectivity index (χ4v) is 8.20. The highest BCUT2D eigenvalue weighted by Crippen LogP contribution is 2.36. The monoisotopic (exact) mass is 828 g/mol. The lowest BCUT2D eigenvalue weighted by molar-refractivity contribution is -0.136. The third kappa shape index (κ3) is 8.80. The van der Waals surface area contributed by atoms with Gasteiger partial charge in [0.2, 0.25) is 23.6 Å². The Morgan fingerprint density at radius 2 is 1.86 bits per heavy atom. The standard InChI is InChI=1S/C40H38ClFN8O7S/c1-57-31-21-28-25(37(44-22-43-28)45-23-9-10-27(42)26(41)19-23)20-29(31)46-33(51)7-3-13-48-14-16-49(17-15-48)35(53)8-4-18-58-32-6-2-5-24-36(32)40(56)50(39(24)55)30-11-12-34(52)47-38(30)54/h2-3,5-7,9-10,19-22,30H,4,8,11-18H2,1H3,(H,46,51)(H,43,44,45)(H,47,52,54)/b7-3+. The summed E-state index contributed by atoms with van der Waals surface area (Å²) in [5.41, 5.74) is 1.95. The third-order valence-corrected chi connectivity index (χ3v) is 11.4. The average Bonchev–Trinajstić information content (AvgIpc) is 3.47. The number of piperidine rings is 1. The lowest BCUT2D eigenvalue weighted by Crippen LogP contribution is -2.54. The van der Waals surface area contributed by atoms with Crippen molar-refractivity contribution in [1.29, 1.82) is 0 Å². The summed E-state index contributed by atoms with van der Waals surface area (Å²) in [5, 5.41) is 8.72. The van der Waals surface area contributed by atoms with Crippen LogP contribution in [0.15, 0.2) is 71.9 Å². The van der Waals surface area contributed by atoms with Crippen LogP contribution in [0.1, 0.15) is 46.4 Å². The van der Waals surface area contributed by atoms with Gasteiger partial charge in [-0.1, -0.05) is 23.7 Å². The number of thioether (sulfide) groups is 1. The normalized spacial score (nSPS) is 17.2. The Morgan fingerprint density at radius 3 is 2.62 bits per heavy atom. The van der Waals surface area contributed by atoms with Crippen LogP contribution in [0.2, 0.25) is 5.02 Å². The number of benzene rings is 3. The zero-order chi connectivity index (χ0) is 40.9. The van der Waals surface area contributed by atoms with Crippen molar-refractivity contribution in [3.8, 4) is 5.75 Å². The number of fused-ring (bicyclic) bond motifs is 2. The summed E-state index contributed by atoms with van der Waals surface area (Å²) in [6.07, 6.45) is 5.59. The van der Waals surface area contributed by atoms with Crippen molar-refractivity contribution in [3.05, 3.63) is 89.0 Å². The molecule has 58 heavy (non-hydrogen) atoms. The van der Waals surface area contributed by atoms with Crippen LogP contribution < -0.4 is 20.7 Å². The second-order valence-corrected chi connectivity index (χ2v) is 15.2. The van der Waals surface area contributed by atoms with Crippen molar-refractivity contribution >= 4 is 86.9 Å². The Hall–Kier alpha value is -5.91. The summed E-state index contributed by atoms with van der Waals surface area (Å²) >= 11 is 7.33. The minimum atomic E-state index is -1.03. The number of ether oxygens (including phenoxy) is 1. The van der Waals surface area contributed by atoms with E-state index in [0.717, 1.165) is 4.90 Å². The van der Waals surface area contributed by atoms with Gasteiger partial charge in [-0.25, -0.2) is 14.4 Å². The number of anilines is 3. The molecule has 0 spiro atoms. The van der Waals surface area contributed by atoms with Gasteiger partial charge in [-0.3, -0.25) is 43.9 Å². The van der Waals surface area contributed by atoms with Gasteiger partial charge in [0, 0.05) is 73.7 Å². The highest BCUT2D eigenvalue weighted by Gasteiger charge is 2.45. The molecule has 15 nitrogen and oxygen atoms in total. The highest BCUT2D eigenvalue weighted by atomic mass is 35.5. The number of carbonyl (C=O) groups excluding carboxylic acids is 6. The Kier molecular flexibility index (Phi) is 12.3. The van der Waals surface area contributed by atoms with Gasteiger partial charge in [-0.2, -0.15) is 0 Å². The molecular formula is C40H38ClFN8O7S. The number of piperazine rings is 1. The van der Waals surface area contributed by atoms with Crippen LogP contribution >= 0.6 is 23.4 Å². The largest absolute Gasteiger partial charge is 0.494 e. The molecule has 1 aromatic heterocycles. The Balaban J connectivity index is 0.860. The van der Waals surface area contributed by atoms with E-state index < -0.39 is 35.5 Å². The van der Waals surface area contributed by atoms with Gasteiger partial charge in [-0.05, 0) is 55.0 Å². The maximum atomic E-state index is 13.7. The van der Waals surface area contributed by atoms with Crippen LogP contribution in [0, 0.1) is 5.82 Å². The molecule has 4 heterocycles. The molecule has 7 rings (SSSR count). The average molecular weight is 829 g/mol. The SMILES string of the molecule is COc1cc2ncnc(Nc3ccc(F)c(Cl)c3)c2cc1NC(=O)/C=C/CN1CCN(C(=O)CCCSc2cccc3c2C(=O)N(C2CCC(=O)NC2=O)C3=O)CC1. The number of nitrogens with one attached hydrogen (secondary N) is 3. The molecule has 300 valence electrons. The summed E-state index contributed by atoms with van der Waals surface area (Å²) in [4.78, 5) is 90.6. The van der Waals surface area contributed by atoms with E-state index in [4.69, 9.17) is 16.3 Å². The summed E-state index contributed by atoms with van der Waals surface area (Å²) in [6, 6.07) is 11.6. The van der Waals surface area contributed by atoms with Crippen molar-refractivity contribution in [3.63, 3.8) is 0 Å². The third-order valence-electron chi connectivity index (χ3n) is 9.98. The van der Waals surface area contributed by atoms with Crippen LogP contribution in [0.4, 0.5) is 21.6 Å². The van der Waals surface area contributed by atoms with Crippen molar-refractivity contribution in [2.24, 2.45) is 0 Å². The molecule has 0 bridgehead atoms. The fraction of sp³-hybridized carbons (Fsp3) is 0.300. The molecule has 4 aromatic rings. The topological polar surface area (TPSA) is 183 Å². The van der Waals surface area contributed by atoms with Gasteiger partial charge in [0.05, 0.1) is 34.5 Å². The number of methoxy groups -OCH3 is 1. The Bertz CT molecular complexity index is 2360. The van der Waals surface area contributed by atoms with Gasteiger partial charge >= 0.3 is 0 Å². The van der Waals surface area contributed by atoms with E-state index in [1.807, 2.05) is 4.90 Å². The van der Waals surface area contributed by atoms with E-state index >= 15 is 0 Å². The number of aromatic nitrogens is 2. The molecule has 2 saturated heterocycles. The van der Waals surface area contributed by atoms with Gasteiger partial charge < -0.3 is 20.3 Å². The first kappa shape index (κ1) is 40.3. The summed E-state index contributed by atoms with van der Waals surface area (Å²) in [5.74, 6) is -1.72. The molecule has 1 unspecified atom stereocenters. The summed E-state index contributed by atoms with van der Waals surface area (Å²) < 4.78 is 19.2. The number of halogens is 2. The minimum absolute atomic E-state index is 0.0262. The van der Waals surface area contributed by atoms with E-state index in [1.54, 1.807) is 36.4 Å². The summed E-state index contributed by atoms with van der Waals surface area (Å²) in [7, 11) is 1.49. The maximum absolute atomic E-state index is 13.7. The molecule has 3 aromatic carbocycles. The molecule has 1 atom stereocenters. The predicted octanol–water partition coefficient (Wildman–Crippen LogP) is 4.79. The first-order valence-electron chi connectivity index (χ1n) is 18.5. The van der Waals surface area contributed by atoms with Crippen molar-refractivity contribution in [1.82, 2.24) is 30.0 Å². The quantitative estimate of drug-likeness (QED) is 0.0727. The molecule has 3 aliphatic rings. The van der Waals surface area contributed by atoms with Crippen LogP contribution in [0.5, 0.6) is 5.75 Å². The van der Waals surface area contributed by atoms with E-state index in [2.05, 4.69) is 30.8 Å². The number of rotatable bonds is 13. The molecule has 3 N–H and O–H groups in total. The fourth-order valence-electron chi connectivity index (χ4n) is 6.99. The molecule has 0 aliphatic carbocycles. The van der Waals surface area contributed by atoms with Gasteiger partial charge in [-0.15, -0.1) is 11.8 Å². The smallest absolute Gasteiger partial charge is 0.263 e. The second kappa shape index (κ2) is 17.7. The number of nitrogens with zero attached hydrogens (tertiary/aromatic N) is 5. The molecule has 6 amide bonds. The number of amides is 6. The second-order valence-electron chi connectivity index (χ2n) is 13.7.